The molecule has 0 heterocycles. The molecule has 9 rings (SSSR count). The third-order valence-electron chi connectivity index (χ3n) is 16.0. The van der Waals surface area contributed by atoms with E-state index < -0.39 is 379 Å². The molecule has 1 unspecified atom stereocenters. The monoisotopic (exact) mass is 2230 g/mol. The molecule has 9 aromatic rings. The van der Waals surface area contributed by atoms with Crippen molar-refractivity contribution in [2.75, 3.05) is 0 Å². The Morgan fingerprint density at radius 1 is 0.208 bits per heavy atom. The predicted octanol–water partition coefficient (Wildman–Crippen LogP) is 29.7. The van der Waals surface area contributed by atoms with Gasteiger partial charge in [-0.3, -0.25) is 43.2 Å². The van der Waals surface area contributed by atoms with E-state index in [1.807, 2.05) is 10.6 Å². The molecule has 27 heteroatoms. The van der Waals surface area contributed by atoms with Crippen molar-refractivity contribution >= 4 is 156 Å². The molecule has 0 radical (unpaired) electrons. The van der Waals surface area contributed by atoms with Crippen molar-refractivity contribution < 1.29 is 146 Å². The zero-order valence-corrected chi connectivity index (χ0v) is 87.7. The average Bonchev–Trinajstić information content (AvgIpc) is 0.707. The van der Waals surface area contributed by atoms with E-state index in [-0.39, 0.29) is 58.5 Å². The van der Waals surface area contributed by atoms with Gasteiger partial charge in [-0.1, -0.05) is 213 Å². The fraction of sp³-hybridized carbons (Fsp3) is 0.462. The number of hydrogen-bond donors (Lipinski definition) is 9. The first kappa shape index (κ1) is 55.9. The number of halogens is 9. The molecule has 9 aromatic carbocycles. The highest BCUT2D eigenvalue weighted by molar-refractivity contribution is 6.34. The van der Waals surface area contributed by atoms with Crippen LogP contribution in [0.4, 0.5) is 0 Å². The summed E-state index contributed by atoms with van der Waals surface area (Å²) in [5, 5.41) is 19.3. The molecular weight excluding hydrogens is 1990 g/mol. The van der Waals surface area contributed by atoms with Crippen LogP contribution < -0.4 is 47.9 Å². The zero-order valence-electron chi connectivity index (χ0n) is 156. The van der Waals surface area contributed by atoms with Crippen LogP contribution in [-0.4, -0.2) is 156 Å². The summed E-state index contributed by atoms with van der Waals surface area (Å²) in [6.45, 7) is -37.9. The second kappa shape index (κ2) is 61.4. The van der Waals surface area contributed by atoms with Crippen LogP contribution in [0.3, 0.4) is 0 Å². The largest absolute Gasteiger partial charge is 0.303 e. The minimum Gasteiger partial charge on any atom is -0.303 e. The zero-order chi connectivity index (χ0) is 175. The highest BCUT2D eigenvalue weighted by Gasteiger charge is 2.30. The Kier molecular flexibility index (Phi) is 23.8. The van der Waals surface area contributed by atoms with Crippen LogP contribution in [0.15, 0.2) is 218 Å². The third-order valence-corrected chi connectivity index (χ3v) is 18.0. The Balaban J connectivity index is 0.00000124. The number of carbonyl (C=O) groups excluding carboxylic acids is 9. The summed E-state index contributed by atoms with van der Waals surface area (Å²) in [4.78, 5) is 113. The number of carbonyl (C=O) groups is 9. The minimum atomic E-state index is -3.75. The lowest BCUT2D eigenvalue weighted by Gasteiger charge is -2.25. The van der Waals surface area contributed by atoms with Crippen molar-refractivity contribution in [3.05, 3.63) is 313 Å². The van der Waals surface area contributed by atoms with E-state index in [0.29, 0.717) is 23.9 Å². The van der Waals surface area contributed by atoms with Crippen LogP contribution in [-0.2, 0) is 0 Å². The van der Waals surface area contributed by atoms with Gasteiger partial charge in [-0.25, -0.2) is 0 Å². The smallest absolute Gasteiger partial charge is 0.179 e. The Labute approximate surface area is 1010 Å². The maximum atomic E-state index is 12.9. The summed E-state index contributed by atoms with van der Waals surface area (Å²) in [7, 11) is 0. The van der Waals surface area contributed by atoms with Gasteiger partial charge in [0, 0.05) is 219 Å². The molecule has 0 spiro atoms. The van der Waals surface area contributed by atoms with Crippen molar-refractivity contribution in [2.24, 2.45) is 0 Å². The normalized spacial score (nSPS) is 24.7. The molecule has 0 aromatic heterocycles. The van der Waals surface area contributed by atoms with Gasteiger partial charge in [0.1, 0.15) is 0 Å². The molecule has 9 atom stereocenters. The van der Waals surface area contributed by atoms with Gasteiger partial charge in [0.2, 0.25) is 0 Å². The molecule has 792 valence electrons. The minimum absolute atomic E-state index is 0.0842. The number of nitrogens with one attached hydrogen (secondary N) is 9. The van der Waals surface area contributed by atoms with Crippen molar-refractivity contribution in [3.8, 4) is 0 Å². The molecule has 0 fully saturated rings. The van der Waals surface area contributed by atoms with Crippen LogP contribution >= 0.6 is 104 Å². The summed E-state index contributed by atoms with van der Waals surface area (Å²) in [6.07, 6.45) is 0. The van der Waals surface area contributed by atoms with Crippen molar-refractivity contribution in [2.45, 2.75) is 352 Å². The van der Waals surface area contributed by atoms with Gasteiger partial charge in [-0.15, -0.1) is 0 Å². The van der Waals surface area contributed by atoms with Gasteiger partial charge in [-0.05, 0) is 357 Å². The average molecular weight is 2230 g/mol. The fourth-order valence-electron chi connectivity index (χ4n) is 10.8. The first-order valence-electron chi connectivity index (χ1n) is 79.0. The van der Waals surface area contributed by atoms with Gasteiger partial charge >= 0.3 is 0 Å². The molecule has 0 saturated heterocycles. The van der Waals surface area contributed by atoms with Crippen LogP contribution in [0.5, 0.6) is 0 Å². The second-order valence-electron chi connectivity index (χ2n) is 33.1. The number of hydrogen-bond acceptors (Lipinski definition) is 18. The predicted molar refractivity (Wildman–Crippen MR) is 613 cm³/mol. The number of benzene rings is 9. The van der Waals surface area contributed by atoms with Gasteiger partial charge in [-0.2, -0.15) is 0 Å². The van der Waals surface area contributed by atoms with E-state index in [4.69, 9.17) is 207 Å². The maximum absolute atomic E-state index is 12.9. The highest BCUT2D eigenvalue weighted by atomic mass is 35.5. The Hall–Kier alpha value is -7.74. The lowest BCUT2D eigenvalue weighted by atomic mass is 10.0. The lowest BCUT2D eigenvalue weighted by molar-refractivity contribution is 0.0929. The summed E-state index contributed by atoms with van der Waals surface area (Å²) >= 11 is 52.0. The van der Waals surface area contributed by atoms with Gasteiger partial charge in [0.25, 0.3) is 0 Å². The molecule has 0 saturated carbocycles. The van der Waals surface area contributed by atoms with E-state index in [0.717, 1.165) is 41.5 Å². The number of Topliss-reactive ketones (excluding diaryl/α,β-unsaturated/α-hetero) is 9. The Morgan fingerprint density at radius 3 is 0.493 bits per heavy atom. The van der Waals surface area contributed by atoms with Gasteiger partial charge in [0.05, 0.1) is 82.9 Å². The van der Waals surface area contributed by atoms with Crippen molar-refractivity contribution in [3.63, 3.8) is 0 Å². The van der Waals surface area contributed by atoms with E-state index >= 15 is 0 Å². The lowest BCUT2D eigenvalue weighted by Crippen LogP contribution is -2.46. The van der Waals surface area contributed by atoms with E-state index in [9.17, 15) is 43.2 Å². The summed E-state index contributed by atoms with van der Waals surface area (Å²) in [6, 6.07) is 5.19. The maximum Gasteiger partial charge on any atom is 0.179 e. The molecule has 0 amide bonds. The van der Waals surface area contributed by atoms with Gasteiger partial charge < -0.3 is 47.9 Å². The molecule has 18 nitrogen and oxygen atoms in total. The Bertz CT molecular complexity index is 8380. The van der Waals surface area contributed by atoms with E-state index in [1.54, 1.807) is 79.9 Å². The van der Waals surface area contributed by atoms with E-state index in [2.05, 4.69) is 26.6 Å². The summed E-state index contributed by atoms with van der Waals surface area (Å²) < 4.78 is 573. The molecule has 9 N–H and O–H groups in total. The van der Waals surface area contributed by atoms with Crippen molar-refractivity contribution in [1.29, 1.82) is 0 Å². The third kappa shape index (κ3) is 60.0. The molecule has 0 aliphatic heterocycles. The van der Waals surface area contributed by atoms with Crippen molar-refractivity contribution in [1.82, 2.24) is 47.9 Å². The molecule has 0 aliphatic rings. The van der Waals surface area contributed by atoms with E-state index in [1.165, 1.54) is 146 Å². The number of rotatable bonds is 27. The molecular formula is C117H162Cl9N9O9. The highest BCUT2D eigenvalue weighted by Crippen LogP contribution is 2.24. The molecule has 0 aliphatic carbocycles. The quantitative estimate of drug-likeness (QED) is 0.0217. The summed E-state index contributed by atoms with van der Waals surface area (Å²) in [5.41, 5.74) is -24.3. The van der Waals surface area contributed by atoms with Crippen LogP contribution in [0, 0.1) is 0 Å². The topological polar surface area (TPSA) is 262 Å². The first-order valence-corrected chi connectivity index (χ1v) is 44.9. The molecule has 0 bridgehead atoms. The second-order valence-corrected chi connectivity index (χ2v) is 36.8. The standard InChI is InChI=1S/9C13H18ClNO/c9*1-9(15-13(2,3)4)12(16)10-6-5-7-11(14)8-10/h9*5-9,15H,1-4H3/t8*9-;/m11100000./s1/i2D3,3D3,4D3,9D;2D3,3D3,9D;2D3,9D;2D3,3D3,4D3,5D,6D,7D,8D,9D;5D,6D,7D,8D,9D;2D3,3D3,4D3,9D;2D3,3D3,9D;2D3,9D;2D3,3D3,4D3,5D,6D,7D,8D,9D. The van der Waals surface area contributed by atoms with Crippen LogP contribution in [0.25, 0.3) is 0 Å². The van der Waals surface area contributed by atoms with Crippen LogP contribution in [0.2, 0.25) is 45.2 Å². The number of ketones is 9. The molecule has 144 heavy (non-hydrogen) atoms. The van der Waals surface area contributed by atoms with Gasteiger partial charge in [0.15, 0.2) is 52.0 Å². The Morgan fingerprint density at radius 2 is 0.347 bits per heavy atom. The van der Waals surface area contributed by atoms with Crippen LogP contribution in [0.1, 0.15) is 444 Å². The summed E-state index contributed by atoms with van der Waals surface area (Å²) in [5.74, 6) is -8.61. The SMILES string of the molecule is [2H]C([2H])([2H])C(C)(C)N[C@@]([2H])(C)C(=O)c1cccc(Cl)c1.[2H]C([2H])([2H])C(C)(C)N[C@]([2H])(C)C(=O)c1cccc(Cl)c1.[2H]C([2H])([2H])C(C)(N[C@@]([2H])(C)C(=O)c1cccc(Cl)c1)C([2H])([2H])[2H].[2H]C([2H])([2H])C(C)(N[C@]([2H])(C)C(=O)c1cccc(Cl)c1)C([2H])([2H])[2H].[2H]C([2H])([2H])C(N[C@@]([2H])(C)C(=O)c1cccc(Cl)c1)(C([2H])([2H])[2H])C([2H])([2H])[2H].[2H]C([2H])([2H])C(N[C@]([2H])(C)C(=O)c1cccc(Cl)c1)(C([2H])([2H])[2H])C([2H])([2H])[2H].[2H]c1c([2H])c(Cl)c([2H])c(C(=O)C([2H])(C)NC(C([2H])([2H])[2H])(C([2H])([2H])[2H])C([2H])([2H])[2H])c1[2H].[2H]c1c([2H])c(Cl)c([2H])c(C(=O)[C@]([2H])(C)NC(C([2H])([2H])[2H])(C([2H])([2H])[2H])C([2H])([2H])[2H])c1[2H].[2H]c1c([2H])c(Cl)c([2H])c(C(=O)[C@]([2H])(C)NC(C)(C)C)c1[2H]. The first-order chi connectivity index (χ1) is 96.1. The fourth-order valence-corrected chi connectivity index (χ4v) is 12.4.